The van der Waals surface area contributed by atoms with Gasteiger partial charge in [0.1, 0.15) is 24.4 Å². The minimum absolute atomic E-state index is 0.0504. The summed E-state index contributed by atoms with van der Waals surface area (Å²) in [4.78, 5) is 12.0. The summed E-state index contributed by atoms with van der Waals surface area (Å²) < 4.78 is 44.1. The third kappa shape index (κ3) is 9.73. The number of rotatable bonds is 16. The molecule has 0 aromatic heterocycles. The van der Waals surface area contributed by atoms with Crippen LogP contribution in [0.2, 0.25) is 0 Å². The van der Waals surface area contributed by atoms with Crippen LogP contribution < -0.4 is 0 Å². The zero-order chi connectivity index (χ0) is 27.4. The summed E-state index contributed by atoms with van der Waals surface area (Å²) in [5.41, 5.74) is 0. The maximum absolute atomic E-state index is 12.0. The lowest BCUT2D eigenvalue weighted by atomic mass is 9.84. The van der Waals surface area contributed by atoms with E-state index in [2.05, 4.69) is 34.6 Å². The molecule has 0 aromatic rings. The summed E-state index contributed by atoms with van der Waals surface area (Å²) in [5, 5.41) is 0. The van der Waals surface area contributed by atoms with E-state index >= 15 is 0 Å². The van der Waals surface area contributed by atoms with Gasteiger partial charge in [-0.15, -0.1) is 0 Å². The molecular formula is C29H54O8. The van der Waals surface area contributed by atoms with Crippen molar-refractivity contribution < 1.29 is 38.0 Å². The summed E-state index contributed by atoms with van der Waals surface area (Å²) in [6.45, 7) is 18.4. The van der Waals surface area contributed by atoms with Gasteiger partial charge in [0.2, 0.25) is 0 Å². The van der Waals surface area contributed by atoms with E-state index in [0.717, 1.165) is 38.5 Å². The molecule has 8 heteroatoms. The topological polar surface area (TPSA) is 81.7 Å². The molecule has 2 aliphatic heterocycles. The fraction of sp³-hybridized carbons (Fsp3) is 0.966. The van der Waals surface area contributed by atoms with Crippen LogP contribution in [0.25, 0.3) is 0 Å². The molecule has 0 N–H and O–H groups in total. The standard InChI is InChI=1S/C29H54O8/c1-9-12-15-31-18-24-27(37-29-25(36-23(8)30)20(5)19(4)21(6)35-29)28(33-17-14-11-3)26(22(7)34-24)32-16-13-10-2/h19-22,24-29H,9-18H2,1-8H3/t19-,20?,21+,22-,24?,25?,26?,27+,28-,29+/m1/s1. The largest absolute Gasteiger partial charge is 0.457 e. The normalized spacial score (nSPS) is 36.4. The number of carbonyl (C=O) groups excluding carboxylic acids is 1. The molecule has 37 heavy (non-hydrogen) atoms. The zero-order valence-electron chi connectivity index (χ0n) is 24.6. The molecule has 8 nitrogen and oxygen atoms in total. The number of ether oxygens (including phenoxy) is 7. The van der Waals surface area contributed by atoms with E-state index in [9.17, 15) is 4.79 Å². The van der Waals surface area contributed by atoms with Crippen molar-refractivity contribution in [2.24, 2.45) is 11.8 Å². The number of unbranched alkanes of at least 4 members (excludes halogenated alkanes) is 3. The van der Waals surface area contributed by atoms with Crippen LogP contribution in [0.1, 0.15) is 93.9 Å². The summed E-state index contributed by atoms with van der Waals surface area (Å²) >= 11 is 0. The first-order chi connectivity index (χ1) is 17.7. The van der Waals surface area contributed by atoms with Crippen LogP contribution in [-0.2, 0) is 38.0 Å². The highest BCUT2D eigenvalue weighted by Crippen LogP contribution is 2.36. The fourth-order valence-electron chi connectivity index (χ4n) is 5.00. The molecule has 2 saturated heterocycles. The van der Waals surface area contributed by atoms with Crippen LogP contribution in [0, 0.1) is 11.8 Å². The predicted octanol–water partition coefficient (Wildman–Crippen LogP) is 5.29. The molecule has 2 rings (SSSR count). The van der Waals surface area contributed by atoms with Crippen LogP contribution >= 0.6 is 0 Å². The van der Waals surface area contributed by atoms with Crippen molar-refractivity contribution in [2.45, 2.75) is 143 Å². The summed E-state index contributed by atoms with van der Waals surface area (Å²) in [7, 11) is 0. The molecule has 0 saturated carbocycles. The molecule has 2 fully saturated rings. The highest BCUT2D eigenvalue weighted by molar-refractivity contribution is 5.66. The van der Waals surface area contributed by atoms with Crippen molar-refractivity contribution in [3.8, 4) is 0 Å². The van der Waals surface area contributed by atoms with Gasteiger partial charge in [0.25, 0.3) is 0 Å². The Bertz CT molecular complexity index is 631. The molecule has 2 heterocycles. The SMILES string of the molecule is CCCCOCC1O[C@H](C)C(OCCCC)[C@@H](OCCCC)[C@H]1O[C@@H]1O[C@@H](C)[C@H](C)C(C)C1OC(C)=O. The van der Waals surface area contributed by atoms with E-state index in [1.807, 2.05) is 13.8 Å². The second-order valence-corrected chi connectivity index (χ2v) is 10.8. The van der Waals surface area contributed by atoms with E-state index in [0.29, 0.717) is 26.4 Å². The summed E-state index contributed by atoms with van der Waals surface area (Å²) in [6.07, 6.45) is 3.02. The van der Waals surface area contributed by atoms with Crippen molar-refractivity contribution in [2.75, 3.05) is 26.4 Å². The molecule has 2 aliphatic rings. The molecule has 218 valence electrons. The monoisotopic (exact) mass is 530 g/mol. The Kier molecular flexibility index (Phi) is 14.9. The number of esters is 1. The molecule has 10 atom stereocenters. The first kappa shape index (κ1) is 32.4. The average Bonchev–Trinajstić information content (AvgIpc) is 2.86. The third-order valence-corrected chi connectivity index (χ3v) is 7.71. The second kappa shape index (κ2) is 17.0. The van der Waals surface area contributed by atoms with Gasteiger partial charge < -0.3 is 33.2 Å². The maximum atomic E-state index is 12.0. The Labute approximate surface area is 225 Å². The smallest absolute Gasteiger partial charge is 0.303 e. The van der Waals surface area contributed by atoms with Crippen LogP contribution in [0.4, 0.5) is 0 Å². The van der Waals surface area contributed by atoms with Gasteiger partial charge in [0.05, 0.1) is 18.8 Å². The Morgan fingerprint density at radius 1 is 0.703 bits per heavy atom. The van der Waals surface area contributed by atoms with E-state index in [1.54, 1.807) is 0 Å². The first-order valence-electron chi connectivity index (χ1n) is 14.7. The average molecular weight is 531 g/mol. The predicted molar refractivity (Wildman–Crippen MR) is 142 cm³/mol. The van der Waals surface area contributed by atoms with Crippen molar-refractivity contribution >= 4 is 5.97 Å². The molecule has 0 radical (unpaired) electrons. The molecule has 4 unspecified atom stereocenters. The van der Waals surface area contributed by atoms with E-state index in [1.165, 1.54) is 6.92 Å². The summed E-state index contributed by atoms with van der Waals surface area (Å²) in [5.74, 6) is -0.0709. The first-order valence-corrected chi connectivity index (χ1v) is 14.7. The van der Waals surface area contributed by atoms with Gasteiger partial charge in [-0.25, -0.2) is 0 Å². The molecular weight excluding hydrogens is 476 g/mol. The highest BCUT2D eigenvalue weighted by atomic mass is 16.7. The van der Waals surface area contributed by atoms with Gasteiger partial charge >= 0.3 is 5.97 Å². The fourth-order valence-corrected chi connectivity index (χ4v) is 5.00. The van der Waals surface area contributed by atoms with E-state index < -0.39 is 18.5 Å². The van der Waals surface area contributed by atoms with Gasteiger partial charge in [0.15, 0.2) is 12.4 Å². The summed E-state index contributed by atoms with van der Waals surface area (Å²) in [6, 6.07) is 0. The van der Waals surface area contributed by atoms with Crippen LogP contribution in [0.3, 0.4) is 0 Å². The molecule has 0 spiro atoms. The lowest BCUT2D eigenvalue weighted by molar-refractivity contribution is -0.333. The van der Waals surface area contributed by atoms with Crippen LogP contribution in [-0.4, -0.2) is 81.4 Å². The van der Waals surface area contributed by atoms with Crippen LogP contribution in [0.15, 0.2) is 0 Å². The third-order valence-electron chi connectivity index (χ3n) is 7.71. The van der Waals surface area contributed by atoms with Gasteiger partial charge in [-0.3, -0.25) is 4.79 Å². The van der Waals surface area contributed by atoms with Gasteiger partial charge in [-0.1, -0.05) is 53.9 Å². The second-order valence-electron chi connectivity index (χ2n) is 10.8. The number of hydrogen-bond donors (Lipinski definition) is 0. The molecule has 0 amide bonds. The highest BCUT2D eigenvalue weighted by Gasteiger charge is 2.51. The van der Waals surface area contributed by atoms with Gasteiger partial charge in [-0.2, -0.15) is 0 Å². The number of hydrogen-bond acceptors (Lipinski definition) is 8. The van der Waals surface area contributed by atoms with Crippen molar-refractivity contribution in [1.82, 2.24) is 0 Å². The van der Waals surface area contributed by atoms with Crippen molar-refractivity contribution in [1.29, 1.82) is 0 Å². The Hall–Kier alpha value is -0.770. The van der Waals surface area contributed by atoms with Crippen molar-refractivity contribution in [3.63, 3.8) is 0 Å². The zero-order valence-corrected chi connectivity index (χ0v) is 24.6. The van der Waals surface area contributed by atoms with E-state index in [-0.39, 0.29) is 48.3 Å². The van der Waals surface area contributed by atoms with E-state index in [4.69, 9.17) is 33.2 Å². The Morgan fingerprint density at radius 3 is 1.89 bits per heavy atom. The quantitative estimate of drug-likeness (QED) is 0.197. The minimum Gasteiger partial charge on any atom is -0.457 e. The Morgan fingerprint density at radius 2 is 1.30 bits per heavy atom. The minimum atomic E-state index is -0.737. The molecule has 0 aliphatic carbocycles. The lowest BCUT2D eigenvalue weighted by Gasteiger charge is -2.49. The lowest BCUT2D eigenvalue weighted by Crippen LogP contribution is -2.63. The molecule has 0 bridgehead atoms. The van der Waals surface area contributed by atoms with Crippen LogP contribution in [0.5, 0.6) is 0 Å². The van der Waals surface area contributed by atoms with Crippen molar-refractivity contribution in [3.05, 3.63) is 0 Å². The maximum Gasteiger partial charge on any atom is 0.303 e. The van der Waals surface area contributed by atoms with Gasteiger partial charge in [-0.05, 0) is 39.0 Å². The Balaban J connectivity index is 2.34. The molecule has 0 aromatic carbocycles. The van der Waals surface area contributed by atoms with Gasteiger partial charge in [0, 0.05) is 32.7 Å². The number of carbonyl (C=O) groups is 1.